The van der Waals surface area contributed by atoms with E-state index in [9.17, 15) is 9.18 Å². The van der Waals surface area contributed by atoms with Gasteiger partial charge in [-0.1, -0.05) is 18.2 Å². The fourth-order valence-electron chi connectivity index (χ4n) is 3.19. The summed E-state index contributed by atoms with van der Waals surface area (Å²) in [5, 5.41) is 3.09. The van der Waals surface area contributed by atoms with Crippen LogP contribution in [0, 0.1) is 5.82 Å². The van der Waals surface area contributed by atoms with Gasteiger partial charge in [-0.25, -0.2) is 4.39 Å². The minimum atomic E-state index is -0.391. The zero-order chi connectivity index (χ0) is 19.4. The predicted molar refractivity (Wildman–Crippen MR) is 106 cm³/mol. The molecule has 2 aromatic carbocycles. The Morgan fingerprint density at radius 3 is 2.85 bits per heavy atom. The molecule has 4 nitrogen and oxygen atoms in total. The molecule has 1 atom stereocenters. The number of carbonyl (C=O) groups is 1. The lowest BCUT2D eigenvalue weighted by molar-refractivity contribution is -0.119. The van der Waals surface area contributed by atoms with Gasteiger partial charge >= 0.3 is 0 Å². The van der Waals surface area contributed by atoms with Crippen LogP contribution in [0.25, 0.3) is 0 Å². The van der Waals surface area contributed by atoms with Gasteiger partial charge in [-0.3, -0.25) is 4.79 Å². The van der Waals surface area contributed by atoms with Crippen LogP contribution in [0.5, 0.6) is 11.5 Å². The fraction of sp³-hybridized carbons (Fsp3) is 0.381. The second-order valence-corrected chi connectivity index (χ2v) is 8.16. The summed E-state index contributed by atoms with van der Waals surface area (Å²) in [5.41, 5.74) is 1.17. The Labute approximate surface area is 163 Å². The monoisotopic (exact) mass is 389 g/mol. The number of ether oxygens (including phenoxy) is 2. The number of amides is 1. The number of benzene rings is 2. The smallest absolute Gasteiger partial charge is 0.230 e. The predicted octanol–water partition coefficient (Wildman–Crippen LogP) is 4.49. The van der Waals surface area contributed by atoms with Crippen molar-refractivity contribution >= 4 is 17.7 Å². The Bertz CT molecular complexity index is 825. The molecular weight excluding hydrogens is 365 g/mol. The molecule has 0 unspecified atom stereocenters. The van der Waals surface area contributed by atoms with Gasteiger partial charge in [0.05, 0.1) is 18.9 Å². The van der Waals surface area contributed by atoms with Crippen molar-refractivity contribution in [1.82, 2.24) is 5.32 Å². The third-order valence-electron chi connectivity index (χ3n) is 4.46. The van der Waals surface area contributed by atoms with Crippen LogP contribution < -0.4 is 14.8 Å². The molecule has 1 amide bonds. The molecule has 0 aromatic heterocycles. The molecule has 0 radical (unpaired) electrons. The van der Waals surface area contributed by atoms with Crippen LogP contribution in [0.1, 0.15) is 37.4 Å². The largest absolute Gasteiger partial charge is 0.497 e. The highest BCUT2D eigenvalue weighted by Gasteiger charge is 2.34. The number of thioether (sulfide) groups is 1. The number of methoxy groups -OCH3 is 1. The van der Waals surface area contributed by atoms with Gasteiger partial charge in [0, 0.05) is 23.8 Å². The van der Waals surface area contributed by atoms with Crippen molar-refractivity contribution in [2.24, 2.45) is 0 Å². The van der Waals surface area contributed by atoms with Crippen LogP contribution in [-0.4, -0.2) is 24.4 Å². The Balaban J connectivity index is 1.63. The van der Waals surface area contributed by atoms with Gasteiger partial charge in [-0.15, -0.1) is 11.8 Å². The van der Waals surface area contributed by atoms with Gasteiger partial charge in [-0.2, -0.15) is 0 Å². The zero-order valence-corrected chi connectivity index (χ0v) is 16.6. The first-order valence-corrected chi connectivity index (χ1v) is 10.0. The summed E-state index contributed by atoms with van der Waals surface area (Å²) in [4.78, 5) is 12.4. The molecule has 144 valence electrons. The van der Waals surface area contributed by atoms with E-state index in [1.54, 1.807) is 25.3 Å². The van der Waals surface area contributed by atoms with E-state index in [4.69, 9.17) is 9.47 Å². The van der Waals surface area contributed by atoms with E-state index < -0.39 is 5.60 Å². The molecule has 0 saturated heterocycles. The highest BCUT2D eigenvalue weighted by molar-refractivity contribution is 7.99. The molecule has 1 aliphatic rings. The first-order valence-electron chi connectivity index (χ1n) is 8.85. The SMILES string of the molecule is COc1ccc2c(c1)OC(C)(C)C[C@H]2NC(=O)CSCc1ccccc1F. The van der Waals surface area contributed by atoms with Crippen molar-refractivity contribution in [3.05, 3.63) is 59.4 Å². The Morgan fingerprint density at radius 2 is 2.11 bits per heavy atom. The molecule has 0 spiro atoms. The van der Waals surface area contributed by atoms with Gasteiger partial charge < -0.3 is 14.8 Å². The zero-order valence-electron chi connectivity index (χ0n) is 15.8. The van der Waals surface area contributed by atoms with E-state index >= 15 is 0 Å². The highest BCUT2D eigenvalue weighted by Crippen LogP contribution is 2.41. The standard InChI is InChI=1S/C21H24FNO3S/c1-21(2)11-18(16-9-8-15(25-3)10-19(16)26-21)23-20(24)13-27-12-14-6-4-5-7-17(14)22/h4-10,18H,11-13H2,1-3H3,(H,23,24)/t18-/m1/s1. The number of hydrogen-bond acceptors (Lipinski definition) is 4. The summed E-state index contributed by atoms with van der Waals surface area (Å²) in [7, 11) is 1.61. The third kappa shape index (κ3) is 4.95. The van der Waals surface area contributed by atoms with Gasteiger partial charge in [0.15, 0.2) is 0 Å². The quantitative estimate of drug-likeness (QED) is 0.791. The first-order chi connectivity index (χ1) is 12.9. The summed E-state index contributed by atoms with van der Waals surface area (Å²) in [6.07, 6.45) is 0.677. The molecule has 1 heterocycles. The van der Waals surface area contributed by atoms with E-state index in [0.29, 0.717) is 17.7 Å². The van der Waals surface area contributed by atoms with E-state index in [2.05, 4.69) is 5.32 Å². The van der Waals surface area contributed by atoms with Crippen LogP contribution >= 0.6 is 11.8 Å². The maximum atomic E-state index is 13.7. The maximum Gasteiger partial charge on any atom is 0.230 e. The number of halogens is 1. The number of nitrogens with one attached hydrogen (secondary N) is 1. The molecule has 1 aliphatic heterocycles. The first kappa shape index (κ1) is 19.5. The fourth-order valence-corrected chi connectivity index (χ4v) is 4.02. The van der Waals surface area contributed by atoms with Gasteiger partial charge in [0.1, 0.15) is 22.9 Å². The van der Waals surface area contributed by atoms with Gasteiger partial charge in [0.2, 0.25) is 5.91 Å². The van der Waals surface area contributed by atoms with E-state index in [0.717, 1.165) is 17.1 Å². The average Bonchev–Trinajstić information content (AvgIpc) is 2.61. The normalized spacial score (nSPS) is 17.6. The van der Waals surface area contributed by atoms with E-state index in [1.807, 2.05) is 32.0 Å². The summed E-state index contributed by atoms with van der Waals surface area (Å²) in [6.45, 7) is 4.00. The molecule has 0 fully saturated rings. The minimum absolute atomic E-state index is 0.0687. The Kier molecular flexibility index (Phi) is 5.95. The van der Waals surface area contributed by atoms with Gasteiger partial charge in [0.25, 0.3) is 0 Å². The Morgan fingerprint density at radius 1 is 1.33 bits per heavy atom. The lowest BCUT2D eigenvalue weighted by atomic mass is 9.89. The van der Waals surface area contributed by atoms with E-state index in [-0.39, 0.29) is 23.5 Å². The summed E-state index contributed by atoms with van der Waals surface area (Å²) in [5.74, 6) is 1.89. The average molecular weight is 389 g/mol. The molecule has 6 heteroatoms. The second-order valence-electron chi connectivity index (χ2n) is 7.17. The second kappa shape index (κ2) is 8.21. The van der Waals surface area contributed by atoms with Crippen molar-refractivity contribution in [2.45, 2.75) is 37.7 Å². The van der Waals surface area contributed by atoms with Crippen molar-refractivity contribution < 1.29 is 18.7 Å². The molecule has 2 aromatic rings. The van der Waals surface area contributed by atoms with Crippen molar-refractivity contribution in [1.29, 1.82) is 0 Å². The number of hydrogen-bond donors (Lipinski definition) is 1. The maximum absolute atomic E-state index is 13.7. The number of fused-ring (bicyclic) bond motifs is 1. The van der Waals surface area contributed by atoms with Crippen LogP contribution in [-0.2, 0) is 10.5 Å². The number of carbonyl (C=O) groups excluding carboxylic acids is 1. The lowest BCUT2D eigenvalue weighted by Gasteiger charge is -2.38. The molecule has 0 saturated carbocycles. The Hall–Kier alpha value is -2.21. The molecular formula is C21H24FNO3S. The lowest BCUT2D eigenvalue weighted by Crippen LogP contribution is -2.41. The van der Waals surface area contributed by atoms with Crippen LogP contribution in [0.2, 0.25) is 0 Å². The molecule has 1 N–H and O–H groups in total. The topological polar surface area (TPSA) is 47.6 Å². The van der Waals surface area contributed by atoms with Crippen LogP contribution in [0.4, 0.5) is 4.39 Å². The van der Waals surface area contributed by atoms with Gasteiger partial charge in [-0.05, 0) is 37.6 Å². The highest BCUT2D eigenvalue weighted by atomic mass is 32.2. The molecule has 3 rings (SSSR count). The minimum Gasteiger partial charge on any atom is -0.497 e. The van der Waals surface area contributed by atoms with Crippen molar-refractivity contribution in [3.63, 3.8) is 0 Å². The van der Waals surface area contributed by atoms with Crippen molar-refractivity contribution in [2.75, 3.05) is 12.9 Å². The molecule has 0 bridgehead atoms. The molecule has 0 aliphatic carbocycles. The third-order valence-corrected chi connectivity index (χ3v) is 5.44. The summed E-state index contributed by atoms with van der Waals surface area (Å²) in [6, 6.07) is 12.2. The van der Waals surface area contributed by atoms with Crippen LogP contribution in [0.3, 0.4) is 0 Å². The number of rotatable bonds is 6. The van der Waals surface area contributed by atoms with Crippen molar-refractivity contribution in [3.8, 4) is 11.5 Å². The van der Waals surface area contributed by atoms with E-state index in [1.165, 1.54) is 17.8 Å². The summed E-state index contributed by atoms with van der Waals surface area (Å²) < 4.78 is 25.0. The molecule has 27 heavy (non-hydrogen) atoms. The summed E-state index contributed by atoms with van der Waals surface area (Å²) >= 11 is 1.40. The van der Waals surface area contributed by atoms with Crippen LogP contribution in [0.15, 0.2) is 42.5 Å².